The van der Waals surface area contributed by atoms with Crippen molar-refractivity contribution in [1.29, 1.82) is 0 Å². The van der Waals surface area contributed by atoms with Gasteiger partial charge in [-0.3, -0.25) is 0 Å². The zero-order valence-corrected chi connectivity index (χ0v) is 32.8. The van der Waals surface area contributed by atoms with Gasteiger partial charge < -0.3 is 24.4 Å². The van der Waals surface area contributed by atoms with Crippen molar-refractivity contribution < 1.29 is 24.4 Å². The number of benzene rings is 3. The summed E-state index contributed by atoms with van der Waals surface area (Å²) in [5.41, 5.74) is 1.72. The molecule has 2 unspecified atom stereocenters. The fourth-order valence-corrected chi connectivity index (χ4v) is 8.97. The van der Waals surface area contributed by atoms with Crippen LogP contribution in [0.1, 0.15) is 38.3 Å². The van der Waals surface area contributed by atoms with Crippen molar-refractivity contribution in [3.8, 4) is 17.2 Å². The fraction of sp³-hybridized carbons (Fsp3) is 0.357. The van der Waals surface area contributed by atoms with E-state index in [0.717, 1.165) is 42.4 Å². The second-order valence-corrected chi connectivity index (χ2v) is 15.6. The minimum absolute atomic E-state index is 0.0415. The second kappa shape index (κ2) is 15.4. The highest BCUT2D eigenvalue weighted by Gasteiger charge is 2.28. The molecule has 0 radical (unpaired) electrons. The van der Waals surface area contributed by atoms with Crippen LogP contribution in [0.5, 0.6) is 17.2 Å². The highest BCUT2D eigenvalue weighted by molar-refractivity contribution is 9.12. The summed E-state index contributed by atoms with van der Waals surface area (Å²) in [7, 11) is 0. The molecule has 0 bridgehead atoms. The zero-order chi connectivity index (χ0) is 29.8. The van der Waals surface area contributed by atoms with Gasteiger partial charge in [0.1, 0.15) is 43.2 Å². The minimum atomic E-state index is -0.855. The highest BCUT2D eigenvalue weighted by atomic mass is 79.9. The fourth-order valence-electron chi connectivity index (χ4n) is 3.66. The molecule has 0 heterocycles. The first-order chi connectivity index (χ1) is 18.7. The zero-order valence-electron chi connectivity index (χ0n) is 21.7. The van der Waals surface area contributed by atoms with E-state index in [0.29, 0.717) is 23.7 Å². The molecule has 0 aliphatic rings. The molecule has 3 aromatic carbocycles. The predicted octanol–water partition coefficient (Wildman–Crippen LogP) is 10.3. The molecule has 5 nitrogen and oxygen atoms in total. The lowest BCUT2D eigenvalue weighted by Crippen LogP contribution is -2.25. The third-order valence-corrected chi connectivity index (χ3v) is 10.1. The average molecular weight is 1000 g/mol. The van der Waals surface area contributed by atoms with E-state index in [9.17, 15) is 10.2 Å². The lowest BCUT2D eigenvalue weighted by Gasteiger charge is -2.28. The van der Waals surface area contributed by atoms with Crippen molar-refractivity contribution in [2.75, 3.05) is 19.8 Å². The molecule has 0 aromatic heterocycles. The van der Waals surface area contributed by atoms with E-state index in [1.165, 1.54) is 0 Å². The largest absolute Gasteiger partial charge is 0.489 e. The van der Waals surface area contributed by atoms with Crippen molar-refractivity contribution in [3.05, 3.63) is 78.8 Å². The normalized spacial score (nSPS) is 13.2. The Morgan fingerprint density at radius 1 is 0.575 bits per heavy atom. The van der Waals surface area contributed by atoms with Gasteiger partial charge in [-0.15, -0.1) is 0 Å². The molecule has 0 fully saturated rings. The standard InChI is InChI=1S/C28H27Br7O5/c1-4-17(36)11-38-25-19(30)5-14(6-20(25)31)28(2,3)15-7-21(32)26(22(33)8-15)39-12-18(37)13-40-27-23(34)9-16(29)10-24(27)35/h5-10,17-18,36-37H,4,11-13H2,1-3H3. The molecule has 0 amide bonds. The van der Waals surface area contributed by atoms with Crippen LogP contribution < -0.4 is 14.2 Å². The maximum atomic E-state index is 10.5. The van der Waals surface area contributed by atoms with Gasteiger partial charge in [-0.25, -0.2) is 0 Å². The Hall–Kier alpha value is 0.340. The predicted molar refractivity (Wildman–Crippen MR) is 184 cm³/mol. The van der Waals surface area contributed by atoms with Crippen molar-refractivity contribution >= 4 is 112 Å². The lowest BCUT2D eigenvalue weighted by atomic mass is 9.78. The summed E-state index contributed by atoms with van der Waals surface area (Å²) in [6.07, 6.45) is -0.750. The van der Waals surface area contributed by atoms with Crippen LogP contribution in [0.2, 0.25) is 0 Å². The number of ether oxygens (including phenoxy) is 3. The van der Waals surface area contributed by atoms with Crippen LogP contribution in [0.4, 0.5) is 0 Å². The molecule has 0 aliphatic carbocycles. The summed E-state index contributed by atoms with van der Waals surface area (Å²) in [5.74, 6) is 1.85. The van der Waals surface area contributed by atoms with Gasteiger partial charge >= 0.3 is 0 Å². The Kier molecular flexibility index (Phi) is 13.4. The van der Waals surface area contributed by atoms with E-state index in [-0.39, 0.29) is 25.2 Å². The molecule has 0 saturated heterocycles. The quantitative estimate of drug-likeness (QED) is 0.189. The summed E-state index contributed by atoms with van der Waals surface area (Å²) >= 11 is 24.9. The monoisotopic (exact) mass is 996 g/mol. The van der Waals surface area contributed by atoms with Gasteiger partial charge in [0.05, 0.1) is 32.9 Å². The van der Waals surface area contributed by atoms with Crippen LogP contribution in [-0.4, -0.2) is 42.2 Å². The molecule has 2 N–H and O–H groups in total. The number of hydrogen-bond donors (Lipinski definition) is 2. The third kappa shape index (κ3) is 8.94. The molecule has 3 rings (SSSR count). The third-order valence-electron chi connectivity index (χ3n) is 6.13. The van der Waals surface area contributed by atoms with E-state index in [1.807, 2.05) is 43.3 Å². The second-order valence-electron chi connectivity index (χ2n) is 9.51. The van der Waals surface area contributed by atoms with E-state index in [1.54, 1.807) is 0 Å². The van der Waals surface area contributed by atoms with Gasteiger partial charge in [0.15, 0.2) is 0 Å². The van der Waals surface area contributed by atoms with Crippen molar-refractivity contribution in [2.45, 2.75) is 44.8 Å². The van der Waals surface area contributed by atoms with E-state index < -0.39 is 12.2 Å². The molecule has 0 aliphatic heterocycles. The van der Waals surface area contributed by atoms with E-state index in [4.69, 9.17) is 14.2 Å². The highest BCUT2D eigenvalue weighted by Crippen LogP contribution is 2.44. The van der Waals surface area contributed by atoms with Crippen molar-refractivity contribution in [3.63, 3.8) is 0 Å². The summed E-state index contributed by atoms with van der Waals surface area (Å²) < 4.78 is 23.2. The molecular formula is C28H27Br7O5. The first-order valence-corrected chi connectivity index (χ1v) is 17.7. The maximum Gasteiger partial charge on any atom is 0.147 e. The van der Waals surface area contributed by atoms with Crippen LogP contribution in [0.3, 0.4) is 0 Å². The van der Waals surface area contributed by atoms with Gasteiger partial charge in [0.25, 0.3) is 0 Å². The number of hydrogen-bond acceptors (Lipinski definition) is 5. The first-order valence-electron chi connectivity index (χ1n) is 12.1. The van der Waals surface area contributed by atoms with Crippen molar-refractivity contribution in [1.82, 2.24) is 0 Å². The van der Waals surface area contributed by atoms with Gasteiger partial charge in [-0.2, -0.15) is 0 Å². The molecule has 0 spiro atoms. The Bertz CT molecular complexity index is 1280. The van der Waals surface area contributed by atoms with Crippen LogP contribution in [-0.2, 0) is 5.41 Å². The molecule has 218 valence electrons. The summed E-state index contributed by atoms with van der Waals surface area (Å²) in [6.45, 7) is 6.50. The smallest absolute Gasteiger partial charge is 0.147 e. The molecule has 3 aromatic rings. The SMILES string of the molecule is CCC(O)COc1c(Br)cc(C(C)(C)c2cc(Br)c(OCC(O)COc3c(Br)cc(Br)cc3Br)c(Br)c2)cc1Br. The Morgan fingerprint density at radius 3 is 1.20 bits per heavy atom. The number of rotatable bonds is 12. The molecule has 2 atom stereocenters. The van der Waals surface area contributed by atoms with Crippen molar-refractivity contribution in [2.24, 2.45) is 0 Å². The van der Waals surface area contributed by atoms with Crippen LogP contribution in [0, 0.1) is 0 Å². The van der Waals surface area contributed by atoms with Gasteiger partial charge in [0, 0.05) is 9.89 Å². The number of aliphatic hydroxyl groups excluding tert-OH is 2. The molecule has 40 heavy (non-hydrogen) atoms. The maximum absolute atomic E-state index is 10.5. The van der Waals surface area contributed by atoms with E-state index in [2.05, 4.69) is 125 Å². The molecular weight excluding hydrogens is 976 g/mol. The van der Waals surface area contributed by atoms with E-state index >= 15 is 0 Å². The topological polar surface area (TPSA) is 68.2 Å². The summed E-state index contributed by atoms with van der Waals surface area (Å²) in [4.78, 5) is 0. The lowest BCUT2D eigenvalue weighted by molar-refractivity contribution is 0.0616. The summed E-state index contributed by atoms with van der Waals surface area (Å²) in [5, 5.41) is 20.4. The Morgan fingerprint density at radius 2 is 0.875 bits per heavy atom. The Labute approximate surface area is 293 Å². The Balaban J connectivity index is 1.72. The van der Waals surface area contributed by atoms with Crippen LogP contribution in [0.25, 0.3) is 0 Å². The van der Waals surface area contributed by atoms with Gasteiger partial charge in [-0.1, -0.05) is 36.7 Å². The van der Waals surface area contributed by atoms with Gasteiger partial charge in [0.2, 0.25) is 0 Å². The average Bonchev–Trinajstić information content (AvgIpc) is 2.86. The van der Waals surface area contributed by atoms with Crippen LogP contribution >= 0.6 is 112 Å². The van der Waals surface area contributed by atoms with Gasteiger partial charge in [-0.05, 0) is 150 Å². The minimum Gasteiger partial charge on any atom is -0.489 e. The summed E-state index contributed by atoms with van der Waals surface area (Å²) in [6, 6.07) is 11.8. The first kappa shape index (κ1) is 34.8. The van der Waals surface area contributed by atoms with Crippen LogP contribution in [0.15, 0.2) is 67.7 Å². The molecule has 12 heteroatoms. The molecule has 0 saturated carbocycles. The number of aliphatic hydroxyl groups is 2. The number of halogens is 7.